The van der Waals surface area contributed by atoms with Gasteiger partial charge in [-0.2, -0.15) is 0 Å². The third-order valence-corrected chi connectivity index (χ3v) is 6.08. The quantitative estimate of drug-likeness (QED) is 0.475. The lowest BCUT2D eigenvalue weighted by Crippen LogP contribution is -2.39. The van der Waals surface area contributed by atoms with E-state index in [0.29, 0.717) is 6.04 Å². The number of hydrogen-bond acceptors (Lipinski definition) is 3. The number of fused-ring (bicyclic) bond motifs is 2. The fourth-order valence-electron chi connectivity index (χ4n) is 3.93. The average Bonchev–Trinajstić information content (AvgIpc) is 3.07. The Balaban J connectivity index is 1.48. The fourth-order valence-corrected chi connectivity index (χ4v) is 4.90. The summed E-state index contributed by atoms with van der Waals surface area (Å²) in [4.78, 5) is 1.34. The molecule has 3 N–H and O–H groups in total. The topological polar surface area (TPSA) is 38.0 Å². The van der Waals surface area contributed by atoms with Crippen LogP contribution in [-0.2, 0) is 0 Å². The summed E-state index contributed by atoms with van der Waals surface area (Å²) in [6.07, 6.45) is 7.17. The maximum Gasteiger partial charge on any atom is 0.0307 e. The molecule has 3 rings (SSSR count). The highest BCUT2D eigenvalue weighted by Crippen LogP contribution is 2.49. The van der Waals surface area contributed by atoms with Crippen molar-refractivity contribution < 1.29 is 0 Å². The van der Waals surface area contributed by atoms with E-state index in [1.165, 1.54) is 37.0 Å². The normalized spacial score (nSPS) is 30.7. The molecule has 2 nitrogen and oxygen atoms in total. The first-order chi connectivity index (χ1) is 9.35. The number of thioether (sulfide) groups is 1. The Hall–Kier alpha value is -0.510. The van der Waals surface area contributed by atoms with E-state index in [9.17, 15) is 0 Å². The van der Waals surface area contributed by atoms with Gasteiger partial charge in [0.25, 0.3) is 0 Å². The van der Waals surface area contributed by atoms with Gasteiger partial charge in [0, 0.05) is 16.7 Å². The monoisotopic (exact) mass is 276 g/mol. The minimum atomic E-state index is 0.453. The van der Waals surface area contributed by atoms with E-state index in [1.807, 2.05) is 11.8 Å². The van der Waals surface area contributed by atoms with Gasteiger partial charge >= 0.3 is 0 Å². The van der Waals surface area contributed by atoms with Gasteiger partial charge in [-0.3, -0.25) is 11.3 Å². The SMILES string of the molecule is NNC(CSc1ccccc1)CC1CC2CCC1C2. The third-order valence-electron chi connectivity index (χ3n) is 4.90. The van der Waals surface area contributed by atoms with Crippen molar-refractivity contribution in [3.63, 3.8) is 0 Å². The molecular formula is C16H24N2S. The standard InChI is InChI=1S/C16H24N2S/c17-18-15(11-19-16-4-2-1-3-5-16)10-14-9-12-6-7-13(14)8-12/h1-5,12-15,18H,6-11,17H2. The molecule has 0 amide bonds. The maximum absolute atomic E-state index is 5.75. The minimum absolute atomic E-state index is 0.453. The van der Waals surface area contributed by atoms with E-state index in [1.54, 1.807) is 0 Å². The van der Waals surface area contributed by atoms with Crippen LogP contribution >= 0.6 is 11.8 Å². The van der Waals surface area contributed by atoms with Gasteiger partial charge in [-0.15, -0.1) is 11.8 Å². The Bertz CT molecular complexity index is 395. The molecule has 4 unspecified atom stereocenters. The lowest BCUT2D eigenvalue weighted by molar-refractivity contribution is 0.287. The summed E-state index contributed by atoms with van der Waals surface area (Å²) in [5, 5.41) is 0. The summed E-state index contributed by atoms with van der Waals surface area (Å²) in [7, 11) is 0. The fraction of sp³-hybridized carbons (Fsp3) is 0.625. The molecule has 0 saturated heterocycles. The van der Waals surface area contributed by atoms with Gasteiger partial charge in [-0.05, 0) is 55.6 Å². The highest BCUT2D eigenvalue weighted by Gasteiger charge is 2.39. The van der Waals surface area contributed by atoms with Gasteiger partial charge in [-0.25, -0.2) is 0 Å². The highest BCUT2D eigenvalue weighted by atomic mass is 32.2. The molecule has 19 heavy (non-hydrogen) atoms. The van der Waals surface area contributed by atoms with Gasteiger partial charge in [0.05, 0.1) is 0 Å². The van der Waals surface area contributed by atoms with Crippen LogP contribution in [-0.4, -0.2) is 11.8 Å². The van der Waals surface area contributed by atoms with Gasteiger partial charge < -0.3 is 0 Å². The van der Waals surface area contributed by atoms with Gasteiger partial charge in [-0.1, -0.05) is 24.6 Å². The van der Waals surface area contributed by atoms with Crippen molar-refractivity contribution in [3.8, 4) is 0 Å². The first-order valence-electron chi connectivity index (χ1n) is 7.49. The van der Waals surface area contributed by atoms with Gasteiger partial charge in [0.2, 0.25) is 0 Å². The molecule has 0 spiro atoms. The zero-order chi connectivity index (χ0) is 13.1. The van der Waals surface area contributed by atoms with Crippen LogP contribution in [0.2, 0.25) is 0 Å². The van der Waals surface area contributed by atoms with Gasteiger partial charge in [0.1, 0.15) is 0 Å². The molecule has 1 aromatic rings. The summed E-state index contributed by atoms with van der Waals surface area (Å²) < 4.78 is 0. The first kappa shape index (κ1) is 13.5. The Morgan fingerprint density at radius 2 is 2.05 bits per heavy atom. The number of nitrogens with two attached hydrogens (primary N) is 1. The van der Waals surface area contributed by atoms with Crippen molar-refractivity contribution in [3.05, 3.63) is 30.3 Å². The van der Waals surface area contributed by atoms with E-state index in [0.717, 1.165) is 23.5 Å². The second kappa shape index (κ2) is 6.29. The number of hydrazine groups is 1. The smallest absolute Gasteiger partial charge is 0.0307 e. The van der Waals surface area contributed by atoms with Crippen molar-refractivity contribution in [1.82, 2.24) is 5.43 Å². The lowest BCUT2D eigenvalue weighted by atomic mass is 9.84. The predicted molar refractivity (Wildman–Crippen MR) is 81.8 cm³/mol. The Morgan fingerprint density at radius 1 is 1.21 bits per heavy atom. The lowest BCUT2D eigenvalue weighted by Gasteiger charge is -2.26. The van der Waals surface area contributed by atoms with Crippen LogP contribution in [0, 0.1) is 17.8 Å². The summed E-state index contributed by atoms with van der Waals surface area (Å²) in [5.74, 6) is 9.79. The molecule has 3 heteroatoms. The number of nitrogens with one attached hydrogen (secondary N) is 1. The highest BCUT2D eigenvalue weighted by molar-refractivity contribution is 7.99. The number of benzene rings is 1. The molecule has 0 aliphatic heterocycles. The van der Waals surface area contributed by atoms with Crippen LogP contribution in [0.5, 0.6) is 0 Å². The molecule has 0 aromatic heterocycles. The van der Waals surface area contributed by atoms with E-state index in [-0.39, 0.29) is 0 Å². The number of rotatable bonds is 6. The molecule has 4 atom stereocenters. The van der Waals surface area contributed by atoms with E-state index < -0.39 is 0 Å². The second-order valence-electron chi connectivity index (χ2n) is 6.16. The molecule has 2 fully saturated rings. The molecular weight excluding hydrogens is 252 g/mol. The molecule has 0 radical (unpaired) electrons. The molecule has 104 valence electrons. The first-order valence-corrected chi connectivity index (χ1v) is 8.47. The van der Waals surface area contributed by atoms with Crippen LogP contribution in [0.4, 0.5) is 0 Å². The molecule has 2 aliphatic rings. The van der Waals surface area contributed by atoms with Crippen LogP contribution in [0.3, 0.4) is 0 Å². The summed E-state index contributed by atoms with van der Waals surface area (Å²) >= 11 is 1.91. The van der Waals surface area contributed by atoms with Crippen molar-refractivity contribution in [1.29, 1.82) is 0 Å². The number of hydrogen-bond donors (Lipinski definition) is 2. The second-order valence-corrected chi connectivity index (χ2v) is 7.25. The van der Waals surface area contributed by atoms with Crippen LogP contribution in [0.25, 0.3) is 0 Å². The Morgan fingerprint density at radius 3 is 2.68 bits per heavy atom. The molecule has 0 heterocycles. The third kappa shape index (κ3) is 3.33. The van der Waals surface area contributed by atoms with Crippen molar-refractivity contribution >= 4 is 11.8 Å². The minimum Gasteiger partial charge on any atom is -0.271 e. The zero-order valence-electron chi connectivity index (χ0n) is 11.4. The maximum atomic E-state index is 5.75. The molecule has 2 saturated carbocycles. The van der Waals surface area contributed by atoms with E-state index >= 15 is 0 Å². The van der Waals surface area contributed by atoms with Crippen molar-refractivity contribution in [2.45, 2.75) is 43.0 Å². The molecule has 2 bridgehead atoms. The summed E-state index contributed by atoms with van der Waals surface area (Å²) in [6, 6.07) is 11.1. The van der Waals surface area contributed by atoms with Crippen molar-refractivity contribution in [2.75, 3.05) is 5.75 Å². The van der Waals surface area contributed by atoms with E-state index in [4.69, 9.17) is 5.84 Å². The van der Waals surface area contributed by atoms with Crippen molar-refractivity contribution in [2.24, 2.45) is 23.6 Å². The summed E-state index contributed by atoms with van der Waals surface area (Å²) in [5.41, 5.74) is 3.04. The Labute approximate surface area is 120 Å². The average molecular weight is 276 g/mol. The summed E-state index contributed by atoms with van der Waals surface area (Å²) in [6.45, 7) is 0. The van der Waals surface area contributed by atoms with Gasteiger partial charge in [0.15, 0.2) is 0 Å². The van der Waals surface area contributed by atoms with Crippen LogP contribution < -0.4 is 11.3 Å². The largest absolute Gasteiger partial charge is 0.271 e. The molecule has 2 aliphatic carbocycles. The molecule has 1 aromatic carbocycles. The van der Waals surface area contributed by atoms with E-state index in [2.05, 4.69) is 35.8 Å². The predicted octanol–water partition coefficient (Wildman–Crippen LogP) is 3.44. The van der Waals surface area contributed by atoms with Crippen LogP contribution in [0.1, 0.15) is 32.1 Å². The Kier molecular flexibility index (Phi) is 4.46. The van der Waals surface area contributed by atoms with Crippen LogP contribution in [0.15, 0.2) is 35.2 Å². The zero-order valence-corrected chi connectivity index (χ0v) is 12.2.